The predicted molar refractivity (Wildman–Crippen MR) is 70.3 cm³/mol. The van der Waals surface area contributed by atoms with Crippen molar-refractivity contribution in [1.82, 2.24) is 5.32 Å². The standard InChI is InChI=1S/C11H9BrClNO5/c12-6-3-1-2-5(9(6)13)10(17)14-7(11(18)19)4-8(15)16/h1-3,7H,4H2,(H,14,17)(H,15,16)(H,18,19)/t7-/m1/s1. The second-order valence-corrected chi connectivity index (χ2v) is 4.80. The summed E-state index contributed by atoms with van der Waals surface area (Å²) >= 11 is 9.01. The van der Waals surface area contributed by atoms with Crippen molar-refractivity contribution < 1.29 is 24.6 Å². The zero-order chi connectivity index (χ0) is 14.6. The molecule has 0 unspecified atom stereocenters. The Balaban J connectivity index is 2.91. The Morgan fingerprint density at radius 3 is 2.47 bits per heavy atom. The highest BCUT2D eigenvalue weighted by Gasteiger charge is 2.24. The molecule has 1 atom stereocenters. The highest BCUT2D eigenvalue weighted by molar-refractivity contribution is 9.10. The number of hydrogen-bond donors (Lipinski definition) is 3. The van der Waals surface area contributed by atoms with Gasteiger partial charge >= 0.3 is 11.9 Å². The van der Waals surface area contributed by atoms with E-state index in [1.54, 1.807) is 12.1 Å². The van der Waals surface area contributed by atoms with Crippen LogP contribution in [0.25, 0.3) is 0 Å². The van der Waals surface area contributed by atoms with Crippen molar-refractivity contribution in [2.75, 3.05) is 0 Å². The summed E-state index contributed by atoms with van der Waals surface area (Å²) in [6, 6.07) is 3.06. The van der Waals surface area contributed by atoms with E-state index in [4.69, 9.17) is 21.8 Å². The Labute approximate surface area is 121 Å². The molecule has 0 fully saturated rings. The van der Waals surface area contributed by atoms with Crippen LogP contribution in [0.1, 0.15) is 16.8 Å². The molecule has 0 saturated heterocycles. The van der Waals surface area contributed by atoms with Gasteiger partial charge in [0.1, 0.15) is 6.04 Å². The van der Waals surface area contributed by atoms with E-state index in [9.17, 15) is 14.4 Å². The third kappa shape index (κ3) is 4.22. The van der Waals surface area contributed by atoms with E-state index in [1.807, 2.05) is 0 Å². The molecule has 1 rings (SSSR count). The second kappa shape index (κ2) is 6.53. The first-order valence-corrected chi connectivity index (χ1v) is 6.19. The average molecular weight is 351 g/mol. The molecule has 0 aliphatic rings. The number of aliphatic carboxylic acids is 2. The van der Waals surface area contributed by atoms with E-state index in [-0.39, 0.29) is 10.6 Å². The fourth-order valence-electron chi connectivity index (χ4n) is 1.29. The maximum absolute atomic E-state index is 11.8. The molecule has 1 aromatic rings. The highest BCUT2D eigenvalue weighted by Crippen LogP contribution is 2.25. The summed E-state index contributed by atoms with van der Waals surface area (Å²) in [4.78, 5) is 33.2. The van der Waals surface area contributed by atoms with Gasteiger partial charge in [-0.15, -0.1) is 0 Å². The Bertz CT molecular complexity index is 534. The van der Waals surface area contributed by atoms with Crippen LogP contribution < -0.4 is 5.32 Å². The van der Waals surface area contributed by atoms with E-state index in [0.29, 0.717) is 4.47 Å². The zero-order valence-corrected chi connectivity index (χ0v) is 11.7. The van der Waals surface area contributed by atoms with E-state index in [1.165, 1.54) is 6.07 Å². The number of halogens is 2. The van der Waals surface area contributed by atoms with Crippen molar-refractivity contribution >= 4 is 45.4 Å². The lowest BCUT2D eigenvalue weighted by Crippen LogP contribution is -2.42. The van der Waals surface area contributed by atoms with Crippen LogP contribution in [0.3, 0.4) is 0 Å². The average Bonchev–Trinajstić information content (AvgIpc) is 2.31. The minimum Gasteiger partial charge on any atom is -0.481 e. The first kappa shape index (κ1) is 15.5. The lowest BCUT2D eigenvalue weighted by molar-refractivity contribution is -0.145. The number of amides is 1. The van der Waals surface area contributed by atoms with Crippen molar-refractivity contribution in [3.63, 3.8) is 0 Å². The maximum atomic E-state index is 11.8. The van der Waals surface area contributed by atoms with Crippen molar-refractivity contribution in [2.24, 2.45) is 0 Å². The lowest BCUT2D eigenvalue weighted by atomic mass is 10.1. The molecule has 0 spiro atoms. The number of carbonyl (C=O) groups is 3. The van der Waals surface area contributed by atoms with Crippen LogP contribution in [0.15, 0.2) is 22.7 Å². The molecule has 0 saturated carbocycles. The maximum Gasteiger partial charge on any atom is 0.326 e. The van der Waals surface area contributed by atoms with Crippen molar-refractivity contribution in [3.05, 3.63) is 33.3 Å². The quantitative estimate of drug-likeness (QED) is 0.751. The number of carbonyl (C=O) groups excluding carboxylic acids is 1. The molecule has 102 valence electrons. The van der Waals surface area contributed by atoms with Crippen LogP contribution >= 0.6 is 27.5 Å². The smallest absolute Gasteiger partial charge is 0.326 e. The summed E-state index contributed by atoms with van der Waals surface area (Å²) in [7, 11) is 0. The molecule has 1 aromatic carbocycles. The summed E-state index contributed by atoms with van der Waals surface area (Å²) in [5.74, 6) is -3.50. The van der Waals surface area contributed by atoms with Gasteiger partial charge in [-0.3, -0.25) is 9.59 Å². The normalized spacial score (nSPS) is 11.7. The number of carboxylic acids is 2. The summed E-state index contributed by atoms with van der Waals surface area (Å²) in [6.45, 7) is 0. The third-order valence-electron chi connectivity index (χ3n) is 2.18. The van der Waals surface area contributed by atoms with E-state index in [0.717, 1.165) is 0 Å². The van der Waals surface area contributed by atoms with Crippen LogP contribution in [-0.4, -0.2) is 34.1 Å². The van der Waals surface area contributed by atoms with Gasteiger partial charge in [-0.05, 0) is 28.1 Å². The number of benzene rings is 1. The predicted octanol–water partition coefficient (Wildman–Crippen LogP) is 1.76. The summed E-state index contributed by atoms with van der Waals surface area (Å²) in [5, 5.41) is 19.6. The first-order chi connectivity index (χ1) is 8.82. The molecule has 3 N–H and O–H groups in total. The molecule has 8 heteroatoms. The van der Waals surface area contributed by atoms with Crippen LogP contribution in [0.5, 0.6) is 0 Å². The monoisotopic (exact) mass is 349 g/mol. The lowest BCUT2D eigenvalue weighted by Gasteiger charge is -2.13. The summed E-state index contributed by atoms with van der Waals surface area (Å²) < 4.78 is 0.479. The van der Waals surface area contributed by atoms with Crippen LogP contribution in [0.2, 0.25) is 5.02 Å². The number of nitrogens with one attached hydrogen (secondary N) is 1. The van der Waals surface area contributed by atoms with Gasteiger partial charge in [0.25, 0.3) is 5.91 Å². The Morgan fingerprint density at radius 2 is 1.95 bits per heavy atom. The summed E-state index contributed by atoms with van der Waals surface area (Å²) in [5.41, 5.74) is 0.0627. The second-order valence-electron chi connectivity index (χ2n) is 3.56. The van der Waals surface area contributed by atoms with Gasteiger partial charge in [-0.25, -0.2) is 4.79 Å². The SMILES string of the molecule is O=C(O)C[C@@H](NC(=O)c1cccc(Br)c1Cl)C(=O)O. The van der Waals surface area contributed by atoms with Gasteiger partial charge in [0, 0.05) is 4.47 Å². The number of hydrogen-bond acceptors (Lipinski definition) is 3. The van der Waals surface area contributed by atoms with E-state index < -0.39 is 30.3 Å². The third-order valence-corrected chi connectivity index (χ3v) is 3.47. The molecular formula is C11H9BrClNO5. The molecule has 1 amide bonds. The fourth-order valence-corrected chi connectivity index (χ4v) is 1.87. The van der Waals surface area contributed by atoms with Gasteiger partial charge in [-0.1, -0.05) is 17.7 Å². The zero-order valence-electron chi connectivity index (χ0n) is 9.39. The molecule has 0 bridgehead atoms. The fraction of sp³-hybridized carbons (Fsp3) is 0.182. The Morgan fingerprint density at radius 1 is 1.32 bits per heavy atom. The van der Waals surface area contributed by atoms with Gasteiger partial charge in [-0.2, -0.15) is 0 Å². The largest absolute Gasteiger partial charge is 0.481 e. The molecule has 0 heterocycles. The molecule has 19 heavy (non-hydrogen) atoms. The molecule has 0 radical (unpaired) electrons. The molecule has 6 nitrogen and oxygen atoms in total. The summed E-state index contributed by atoms with van der Waals surface area (Å²) in [6.07, 6.45) is -0.716. The highest BCUT2D eigenvalue weighted by atomic mass is 79.9. The number of rotatable bonds is 5. The van der Waals surface area contributed by atoms with Gasteiger partial charge < -0.3 is 15.5 Å². The van der Waals surface area contributed by atoms with Gasteiger partial charge in [0.2, 0.25) is 0 Å². The van der Waals surface area contributed by atoms with E-state index in [2.05, 4.69) is 21.2 Å². The molecule has 0 aromatic heterocycles. The van der Waals surface area contributed by atoms with Crippen LogP contribution in [-0.2, 0) is 9.59 Å². The first-order valence-electron chi connectivity index (χ1n) is 5.02. The minimum absolute atomic E-state index is 0.0627. The van der Waals surface area contributed by atoms with Gasteiger partial charge in [0.15, 0.2) is 0 Å². The topological polar surface area (TPSA) is 104 Å². The number of carboxylic acid groups (broad SMARTS) is 2. The van der Waals surface area contributed by atoms with Crippen LogP contribution in [0, 0.1) is 0 Å². The minimum atomic E-state index is -1.51. The molecule has 0 aliphatic heterocycles. The van der Waals surface area contributed by atoms with Crippen molar-refractivity contribution in [2.45, 2.75) is 12.5 Å². The Kier molecular flexibility index (Phi) is 5.31. The van der Waals surface area contributed by atoms with Crippen molar-refractivity contribution in [1.29, 1.82) is 0 Å². The molecule has 0 aliphatic carbocycles. The molecular weight excluding hydrogens is 341 g/mol. The van der Waals surface area contributed by atoms with Gasteiger partial charge in [0.05, 0.1) is 17.0 Å². The van der Waals surface area contributed by atoms with Crippen molar-refractivity contribution in [3.8, 4) is 0 Å². The van der Waals surface area contributed by atoms with E-state index >= 15 is 0 Å². The van der Waals surface area contributed by atoms with Crippen LogP contribution in [0.4, 0.5) is 0 Å². The Hall–Kier alpha value is -1.60.